The maximum Gasteiger partial charge on any atom is 0.288 e. The first-order valence-electron chi connectivity index (χ1n) is 6.42. The van der Waals surface area contributed by atoms with Gasteiger partial charge in [0.1, 0.15) is 11.3 Å². The van der Waals surface area contributed by atoms with Crippen LogP contribution in [-0.2, 0) is 0 Å². The van der Waals surface area contributed by atoms with Gasteiger partial charge < -0.3 is 5.32 Å². The van der Waals surface area contributed by atoms with E-state index in [-0.39, 0.29) is 22.4 Å². The summed E-state index contributed by atoms with van der Waals surface area (Å²) >= 11 is 5.81. The molecule has 20 heavy (non-hydrogen) atoms. The van der Waals surface area contributed by atoms with E-state index in [0.29, 0.717) is 5.92 Å². The lowest BCUT2D eigenvalue weighted by molar-refractivity contribution is -0.385. The third-order valence-corrected chi connectivity index (χ3v) is 3.14. The molecular weight excluding hydrogens is 282 g/mol. The minimum absolute atomic E-state index is 0.0252. The van der Waals surface area contributed by atoms with Crippen molar-refractivity contribution in [3.63, 3.8) is 0 Å². The Labute approximate surface area is 122 Å². The SMILES string of the molecule is CC(C)CCC(C)NC(=O)c1cc([N+](=O)[O-])cnc1Cl. The van der Waals surface area contributed by atoms with Gasteiger partial charge in [-0.1, -0.05) is 25.4 Å². The highest BCUT2D eigenvalue weighted by atomic mass is 35.5. The topological polar surface area (TPSA) is 85.1 Å². The molecule has 0 aromatic carbocycles. The standard InChI is InChI=1S/C13H18ClN3O3/c1-8(2)4-5-9(3)16-13(18)11-6-10(17(19)20)7-15-12(11)14/h6-9H,4-5H2,1-3H3,(H,16,18). The zero-order valence-corrected chi connectivity index (χ0v) is 12.5. The van der Waals surface area contributed by atoms with E-state index in [0.717, 1.165) is 25.1 Å². The third kappa shape index (κ3) is 4.77. The average molecular weight is 300 g/mol. The van der Waals surface area contributed by atoms with Crippen molar-refractivity contribution in [1.82, 2.24) is 10.3 Å². The molecule has 1 aromatic heterocycles. The molecule has 0 saturated heterocycles. The second-order valence-electron chi connectivity index (χ2n) is 5.13. The van der Waals surface area contributed by atoms with Gasteiger partial charge >= 0.3 is 0 Å². The summed E-state index contributed by atoms with van der Waals surface area (Å²) in [6.45, 7) is 6.10. The summed E-state index contributed by atoms with van der Waals surface area (Å²) in [6, 6.07) is 1.11. The van der Waals surface area contributed by atoms with Crippen LogP contribution in [0.15, 0.2) is 12.3 Å². The molecule has 0 aliphatic rings. The first-order chi connectivity index (χ1) is 9.31. The second kappa shape index (κ2) is 7.19. The molecule has 0 fully saturated rings. The number of amides is 1. The average Bonchev–Trinajstić information content (AvgIpc) is 2.36. The van der Waals surface area contributed by atoms with Crippen LogP contribution >= 0.6 is 11.6 Å². The Kier molecular flexibility index (Phi) is 5.88. The molecule has 1 rings (SSSR count). The van der Waals surface area contributed by atoms with Crippen LogP contribution in [0.2, 0.25) is 5.15 Å². The molecule has 1 N–H and O–H groups in total. The summed E-state index contributed by atoms with van der Waals surface area (Å²) in [5.74, 6) is 0.111. The van der Waals surface area contributed by atoms with Crippen LogP contribution in [0.3, 0.4) is 0 Å². The largest absolute Gasteiger partial charge is 0.349 e. The first kappa shape index (κ1) is 16.4. The fraction of sp³-hybridized carbons (Fsp3) is 0.538. The molecule has 0 aliphatic carbocycles. The maximum absolute atomic E-state index is 12.0. The van der Waals surface area contributed by atoms with Crippen LogP contribution in [0.25, 0.3) is 0 Å². The number of rotatable bonds is 6. The summed E-state index contributed by atoms with van der Waals surface area (Å²) in [4.78, 5) is 25.8. The summed E-state index contributed by atoms with van der Waals surface area (Å²) in [5, 5.41) is 13.4. The van der Waals surface area contributed by atoms with Gasteiger partial charge in [-0.3, -0.25) is 14.9 Å². The van der Waals surface area contributed by atoms with Gasteiger partial charge in [0, 0.05) is 12.1 Å². The highest BCUT2D eigenvalue weighted by Gasteiger charge is 2.18. The Morgan fingerprint density at radius 1 is 1.45 bits per heavy atom. The van der Waals surface area contributed by atoms with E-state index in [4.69, 9.17) is 11.6 Å². The number of carbonyl (C=O) groups excluding carboxylic acids is 1. The van der Waals surface area contributed by atoms with Gasteiger partial charge in [-0.15, -0.1) is 0 Å². The number of pyridine rings is 1. The predicted molar refractivity (Wildman–Crippen MR) is 76.9 cm³/mol. The normalized spacial score (nSPS) is 12.2. The Balaban J connectivity index is 2.76. The smallest absolute Gasteiger partial charge is 0.288 e. The van der Waals surface area contributed by atoms with E-state index < -0.39 is 10.8 Å². The van der Waals surface area contributed by atoms with Crippen molar-refractivity contribution in [3.05, 3.63) is 33.1 Å². The molecule has 1 heterocycles. The van der Waals surface area contributed by atoms with E-state index in [1.165, 1.54) is 0 Å². The van der Waals surface area contributed by atoms with E-state index in [1.807, 2.05) is 6.92 Å². The molecular formula is C13H18ClN3O3. The third-order valence-electron chi connectivity index (χ3n) is 2.83. The fourth-order valence-corrected chi connectivity index (χ4v) is 1.84. The van der Waals surface area contributed by atoms with Crippen molar-refractivity contribution in [2.45, 2.75) is 39.7 Å². The number of carbonyl (C=O) groups is 1. The summed E-state index contributed by atoms with van der Waals surface area (Å²) < 4.78 is 0. The molecule has 1 amide bonds. The van der Waals surface area contributed by atoms with Crippen molar-refractivity contribution in [3.8, 4) is 0 Å². The zero-order valence-electron chi connectivity index (χ0n) is 11.7. The number of halogens is 1. The first-order valence-corrected chi connectivity index (χ1v) is 6.79. The Bertz CT molecular complexity index is 506. The number of hydrogen-bond acceptors (Lipinski definition) is 4. The highest BCUT2D eigenvalue weighted by Crippen LogP contribution is 2.19. The predicted octanol–water partition coefficient (Wildman–Crippen LogP) is 3.20. The van der Waals surface area contributed by atoms with Crippen LogP contribution in [0, 0.1) is 16.0 Å². The molecule has 6 nitrogen and oxygen atoms in total. The summed E-state index contributed by atoms with van der Waals surface area (Å²) in [6.07, 6.45) is 2.85. The van der Waals surface area contributed by atoms with E-state index in [2.05, 4.69) is 24.1 Å². The van der Waals surface area contributed by atoms with E-state index >= 15 is 0 Å². The molecule has 110 valence electrons. The number of nitrogens with zero attached hydrogens (tertiary/aromatic N) is 2. The Hall–Kier alpha value is -1.69. The molecule has 0 bridgehead atoms. The second-order valence-corrected chi connectivity index (χ2v) is 5.49. The summed E-state index contributed by atoms with van der Waals surface area (Å²) in [7, 11) is 0. The molecule has 0 radical (unpaired) electrons. The van der Waals surface area contributed by atoms with Crippen molar-refractivity contribution >= 4 is 23.2 Å². The molecule has 1 unspecified atom stereocenters. The lowest BCUT2D eigenvalue weighted by atomic mass is 10.0. The van der Waals surface area contributed by atoms with Gasteiger partial charge in [-0.25, -0.2) is 4.98 Å². The molecule has 7 heteroatoms. The van der Waals surface area contributed by atoms with Gasteiger partial charge in [0.15, 0.2) is 0 Å². The van der Waals surface area contributed by atoms with E-state index in [1.54, 1.807) is 0 Å². The van der Waals surface area contributed by atoms with Crippen LogP contribution in [0.4, 0.5) is 5.69 Å². The number of hydrogen-bond donors (Lipinski definition) is 1. The fourth-order valence-electron chi connectivity index (χ4n) is 1.65. The molecule has 0 spiro atoms. The maximum atomic E-state index is 12.0. The van der Waals surface area contributed by atoms with Crippen LogP contribution < -0.4 is 5.32 Å². The Morgan fingerprint density at radius 3 is 2.65 bits per heavy atom. The molecule has 1 aromatic rings. The van der Waals surface area contributed by atoms with Crippen LogP contribution in [-0.4, -0.2) is 21.9 Å². The van der Waals surface area contributed by atoms with Gasteiger partial charge in [-0.2, -0.15) is 0 Å². The van der Waals surface area contributed by atoms with Gasteiger partial charge in [0.05, 0.1) is 10.5 Å². The van der Waals surface area contributed by atoms with Crippen molar-refractivity contribution in [2.75, 3.05) is 0 Å². The van der Waals surface area contributed by atoms with Crippen LogP contribution in [0.5, 0.6) is 0 Å². The molecule has 0 aliphatic heterocycles. The minimum Gasteiger partial charge on any atom is -0.349 e. The summed E-state index contributed by atoms with van der Waals surface area (Å²) in [5.41, 5.74) is -0.230. The van der Waals surface area contributed by atoms with Crippen molar-refractivity contribution in [1.29, 1.82) is 0 Å². The van der Waals surface area contributed by atoms with Crippen molar-refractivity contribution in [2.24, 2.45) is 5.92 Å². The van der Waals surface area contributed by atoms with E-state index in [9.17, 15) is 14.9 Å². The van der Waals surface area contributed by atoms with Gasteiger partial charge in [0.25, 0.3) is 11.6 Å². The minimum atomic E-state index is -0.609. The van der Waals surface area contributed by atoms with Gasteiger partial charge in [0.2, 0.25) is 0 Å². The van der Waals surface area contributed by atoms with Crippen molar-refractivity contribution < 1.29 is 9.72 Å². The molecule has 1 atom stereocenters. The zero-order chi connectivity index (χ0) is 15.3. The monoisotopic (exact) mass is 299 g/mol. The quantitative estimate of drug-likeness (QED) is 0.496. The number of nitrogens with one attached hydrogen (secondary N) is 1. The number of aromatic nitrogens is 1. The number of nitro groups is 1. The van der Waals surface area contributed by atoms with Crippen LogP contribution in [0.1, 0.15) is 44.0 Å². The Morgan fingerprint density at radius 2 is 2.10 bits per heavy atom. The lowest BCUT2D eigenvalue weighted by Gasteiger charge is -2.15. The van der Waals surface area contributed by atoms with Gasteiger partial charge in [-0.05, 0) is 25.7 Å². The molecule has 0 saturated carbocycles. The lowest BCUT2D eigenvalue weighted by Crippen LogP contribution is -2.33. The highest BCUT2D eigenvalue weighted by molar-refractivity contribution is 6.32.